The minimum absolute atomic E-state index is 0.0129. The third-order valence-corrected chi connectivity index (χ3v) is 8.33. The molecule has 1 saturated heterocycles. The summed E-state index contributed by atoms with van der Waals surface area (Å²) in [6, 6.07) is 8.83. The zero-order valence-corrected chi connectivity index (χ0v) is 22.4. The lowest BCUT2D eigenvalue weighted by Crippen LogP contribution is -2.45. The van der Waals surface area contributed by atoms with Crippen LogP contribution in [0.3, 0.4) is 0 Å². The van der Waals surface area contributed by atoms with Gasteiger partial charge in [-0.1, -0.05) is 29.8 Å². The molecular weight excluding hydrogens is 530 g/mol. The summed E-state index contributed by atoms with van der Waals surface area (Å²) in [4.78, 5) is 46.1. The SMILES string of the molecule is CCOC(=O)N1CCC2(C1)C(=O)N(C[C@H]1CC[C@H](NC(=O)c3cc(Cl)cnc3C(F)F)CC1)c1ccccc12. The van der Waals surface area contributed by atoms with E-state index in [1.807, 2.05) is 29.2 Å². The highest BCUT2D eigenvalue weighted by atomic mass is 35.5. The first-order chi connectivity index (χ1) is 18.7. The molecule has 11 heteroatoms. The topological polar surface area (TPSA) is 91.8 Å². The Bertz CT molecular complexity index is 1270. The molecule has 0 radical (unpaired) electrons. The van der Waals surface area contributed by atoms with Crippen molar-refractivity contribution >= 4 is 35.2 Å². The van der Waals surface area contributed by atoms with Gasteiger partial charge in [-0.3, -0.25) is 14.6 Å². The van der Waals surface area contributed by atoms with Gasteiger partial charge in [-0.25, -0.2) is 13.6 Å². The second-order valence-electron chi connectivity index (χ2n) is 10.5. The molecule has 2 aromatic rings. The highest BCUT2D eigenvalue weighted by Crippen LogP contribution is 2.48. The van der Waals surface area contributed by atoms with E-state index < -0.39 is 29.5 Å². The average Bonchev–Trinajstić information content (AvgIpc) is 3.47. The molecule has 1 atom stereocenters. The minimum Gasteiger partial charge on any atom is -0.450 e. The molecular formula is C28H31ClF2N4O4. The number of ether oxygens (including phenoxy) is 1. The lowest BCUT2D eigenvalue weighted by atomic mass is 9.81. The summed E-state index contributed by atoms with van der Waals surface area (Å²) in [5.74, 6) is -0.377. The van der Waals surface area contributed by atoms with Gasteiger partial charge < -0.3 is 19.9 Å². The Morgan fingerprint density at radius 2 is 1.97 bits per heavy atom. The molecule has 1 aliphatic carbocycles. The summed E-state index contributed by atoms with van der Waals surface area (Å²) < 4.78 is 31.9. The highest BCUT2D eigenvalue weighted by Gasteiger charge is 2.55. The molecule has 3 aliphatic rings. The first kappa shape index (κ1) is 27.3. The molecule has 5 rings (SSSR count). The van der Waals surface area contributed by atoms with Crippen molar-refractivity contribution in [3.05, 3.63) is 58.4 Å². The average molecular weight is 561 g/mol. The van der Waals surface area contributed by atoms with Gasteiger partial charge in [0, 0.05) is 37.6 Å². The van der Waals surface area contributed by atoms with Crippen LogP contribution in [0.15, 0.2) is 36.5 Å². The maximum absolute atomic E-state index is 13.9. The Kier molecular flexibility index (Phi) is 7.75. The van der Waals surface area contributed by atoms with Gasteiger partial charge >= 0.3 is 6.09 Å². The maximum atomic E-state index is 13.9. The number of pyridine rings is 1. The Morgan fingerprint density at radius 3 is 2.69 bits per heavy atom. The molecule has 1 saturated carbocycles. The fourth-order valence-electron chi connectivity index (χ4n) is 6.17. The summed E-state index contributed by atoms with van der Waals surface area (Å²) in [7, 11) is 0. The van der Waals surface area contributed by atoms with Crippen molar-refractivity contribution in [2.75, 3.05) is 31.1 Å². The van der Waals surface area contributed by atoms with E-state index in [-0.39, 0.29) is 35.1 Å². The molecule has 1 aromatic heterocycles. The molecule has 39 heavy (non-hydrogen) atoms. The van der Waals surface area contributed by atoms with Crippen molar-refractivity contribution in [3.8, 4) is 0 Å². The van der Waals surface area contributed by atoms with Crippen LogP contribution >= 0.6 is 11.6 Å². The van der Waals surface area contributed by atoms with Gasteiger partial charge in [0.25, 0.3) is 12.3 Å². The fourth-order valence-corrected chi connectivity index (χ4v) is 6.33. The molecule has 1 unspecified atom stereocenters. The monoisotopic (exact) mass is 560 g/mol. The molecule has 1 aromatic carbocycles. The van der Waals surface area contributed by atoms with E-state index in [1.165, 1.54) is 6.07 Å². The van der Waals surface area contributed by atoms with Gasteiger partial charge in [0.1, 0.15) is 5.69 Å². The van der Waals surface area contributed by atoms with E-state index in [0.717, 1.165) is 30.3 Å². The molecule has 0 bridgehead atoms. The number of carbonyl (C=O) groups is 3. The zero-order valence-electron chi connectivity index (χ0n) is 21.7. The predicted octanol–water partition coefficient (Wildman–Crippen LogP) is 5.11. The van der Waals surface area contributed by atoms with Crippen LogP contribution in [0.2, 0.25) is 5.02 Å². The lowest BCUT2D eigenvalue weighted by Gasteiger charge is -2.32. The number of para-hydroxylation sites is 1. The fraction of sp³-hybridized carbons (Fsp3) is 0.500. The molecule has 1 spiro atoms. The molecule has 8 nitrogen and oxygen atoms in total. The van der Waals surface area contributed by atoms with E-state index in [4.69, 9.17) is 16.3 Å². The number of halogens is 3. The molecule has 208 valence electrons. The van der Waals surface area contributed by atoms with Gasteiger partial charge in [-0.15, -0.1) is 0 Å². The van der Waals surface area contributed by atoms with Crippen molar-refractivity contribution in [1.29, 1.82) is 0 Å². The number of likely N-dealkylation sites (tertiary alicyclic amines) is 1. The largest absolute Gasteiger partial charge is 0.450 e. The Balaban J connectivity index is 1.23. The second kappa shape index (κ2) is 11.1. The Morgan fingerprint density at radius 1 is 1.23 bits per heavy atom. The normalized spacial score (nSPS) is 24.4. The van der Waals surface area contributed by atoms with Gasteiger partial charge in [-0.05, 0) is 62.6 Å². The van der Waals surface area contributed by atoms with Gasteiger partial charge in [0.15, 0.2) is 0 Å². The van der Waals surface area contributed by atoms with Crippen LogP contribution in [0.25, 0.3) is 0 Å². The summed E-state index contributed by atoms with van der Waals surface area (Å²) in [5.41, 5.74) is 0.281. The third kappa shape index (κ3) is 5.18. The van der Waals surface area contributed by atoms with E-state index in [0.29, 0.717) is 38.9 Å². The van der Waals surface area contributed by atoms with Crippen LogP contribution in [-0.4, -0.2) is 60.1 Å². The third-order valence-electron chi connectivity index (χ3n) is 8.12. The van der Waals surface area contributed by atoms with Gasteiger partial charge in [-0.2, -0.15) is 0 Å². The standard InChI is InChI=1S/C28H31ClF2N4O4/c1-2-39-27(38)34-12-11-28(16-34)21-5-3-4-6-22(21)35(26(28)37)15-17-7-9-19(10-8-17)33-25(36)20-13-18(29)14-32-23(20)24(30)31/h3-6,13-14,17,19,24H,2,7-12,15-16H2,1H3,(H,33,36)/t17-,19-,28?. The van der Waals surface area contributed by atoms with E-state index in [1.54, 1.807) is 11.8 Å². The molecule has 3 heterocycles. The number of nitrogens with one attached hydrogen (secondary N) is 1. The summed E-state index contributed by atoms with van der Waals surface area (Å²) >= 11 is 5.89. The van der Waals surface area contributed by atoms with Gasteiger partial charge in [0.05, 0.1) is 22.6 Å². The van der Waals surface area contributed by atoms with Crippen LogP contribution in [-0.2, 0) is 14.9 Å². The van der Waals surface area contributed by atoms with E-state index >= 15 is 0 Å². The predicted molar refractivity (Wildman–Crippen MR) is 141 cm³/mol. The number of rotatable bonds is 6. The van der Waals surface area contributed by atoms with Crippen LogP contribution in [0.5, 0.6) is 0 Å². The summed E-state index contributed by atoms with van der Waals surface area (Å²) in [6.45, 7) is 3.36. The zero-order chi connectivity index (χ0) is 27.7. The highest BCUT2D eigenvalue weighted by molar-refractivity contribution is 6.30. The van der Waals surface area contributed by atoms with Crippen LogP contribution < -0.4 is 10.2 Å². The minimum atomic E-state index is -2.88. The van der Waals surface area contributed by atoms with Crippen LogP contribution in [0, 0.1) is 5.92 Å². The lowest BCUT2D eigenvalue weighted by molar-refractivity contribution is -0.122. The van der Waals surface area contributed by atoms with Crippen molar-refractivity contribution in [2.24, 2.45) is 5.92 Å². The smallest absolute Gasteiger partial charge is 0.409 e. The molecule has 1 N–H and O–H groups in total. The number of benzene rings is 1. The molecule has 3 amide bonds. The Labute approximate surface area is 230 Å². The number of anilines is 1. The van der Waals surface area contributed by atoms with Crippen molar-refractivity contribution in [2.45, 2.75) is 56.9 Å². The number of amides is 3. The number of carbonyl (C=O) groups excluding carboxylic acids is 3. The number of nitrogens with zero attached hydrogens (tertiary/aromatic N) is 3. The first-order valence-electron chi connectivity index (χ1n) is 13.3. The first-order valence-corrected chi connectivity index (χ1v) is 13.7. The number of hydrogen-bond donors (Lipinski definition) is 1. The van der Waals surface area contributed by atoms with Crippen molar-refractivity contribution in [1.82, 2.24) is 15.2 Å². The number of alkyl halides is 2. The number of hydrogen-bond acceptors (Lipinski definition) is 5. The van der Waals surface area contributed by atoms with Crippen LogP contribution in [0.4, 0.5) is 19.3 Å². The van der Waals surface area contributed by atoms with E-state index in [9.17, 15) is 23.2 Å². The quantitative estimate of drug-likeness (QED) is 0.530. The van der Waals surface area contributed by atoms with Crippen LogP contribution in [0.1, 0.15) is 67.1 Å². The maximum Gasteiger partial charge on any atom is 0.409 e. The van der Waals surface area contributed by atoms with Crippen molar-refractivity contribution < 1.29 is 27.9 Å². The van der Waals surface area contributed by atoms with Crippen molar-refractivity contribution in [3.63, 3.8) is 0 Å². The summed E-state index contributed by atoms with van der Waals surface area (Å²) in [5, 5.41) is 2.98. The van der Waals surface area contributed by atoms with E-state index in [2.05, 4.69) is 10.3 Å². The summed E-state index contributed by atoms with van der Waals surface area (Å²) in [6.07, 6.45) is 1.26. The number of aromatic nitrogens is 1. The molecule has 2 aliphatic heterocycles. The molecule has 2 fully saturated rings. The number of fused-ring (bicyclic) bond motifs is 2. The second-order valence-corrected chi connectivity index (χ2v) is 10.9. The van der Waals surface area contributed by atoms with Gasteiger partial charge in [0.2, 0.25) is 5.91 Å². The Hall–Kier alpha value is -3.27.